The van der Waals surface area contributed by atoms with E-state index in [2.05, 4.69) is 35.7 Å². The smallest absolute Gasteiger partial charge is 0.146 e. The Morgan fingerprint density at radius 2 is 2.38 bits per heavy atom. The van der Waals surface area contributed by atoms with Crippen molar-refractivity contribution in [1.29, 1.82) is 0 Å². The summed E-state index contributed by atoms with van der Waals surface area (Å²) in [6.45, 7) is 4.36. The number of fused-ring (bicyclic) bond motifs is 3. The van der Waals surface area contributed by atoms with Crippen LogP contribution < -0.4 is 0 Å². The molecule has 3 heteroatoms. The Kier molecular flexibility index (Phi) is 1.26. The molecule has 0 spiro atoms. The highest BCUT2D eigenvalue weighted by Gasteiger charge is 2.44. The van der Waals surface area contributed by atoms with Crippen LogP contribution in [0.4, 0.5) is 0 Å². The minimum atomic E-state index is 0.234. The Hall–Kier alpha value is -1.09. The highest BCUT2D eigenvalue weighted by atomic mass is 16.6. The molecule has 3 rings (SSSR count). The Morgan fingerprint density at radius 3 is 3.15 bits per heavy atom. The van der Waals surface area contributed by atoms with Gasteiger partial charge in [-0.25, -0.2) is 4.98 Å². The third-order valence-electron chi connectivity index (χ3n) is 2.65. The van der Waals surface area contributed by atoms with Gasteiger partial charge in [-0.3, -0.25) is 0 Å². The van der Waals surface area contributed by atoms with Crippen molar-refractivity contribution < 1.29 is 4.74 Å². The summed E-state index contributed by atoms with van der Waals surface area (Å²) in [5.41, 5.74) is 1.26. The molecule has 1 aromatic rings. The highest BCUT2D eigenvalue weighted by molar-refractivity contribution is 5.39. The molecular weight excluding hydrogens is 164 g/mol. The first-order chi connectivity index (χ1) is 6.27. The summed E-state index contributed by atoms with van der Waals surface area (Å²) in [7, 11) is 0. The fourth-order valence-corrected chi connectivity index (χ4v) is 1.84. The molecule has 3 nitrogen and oxygen atoms in total. The molecule has 13 heavy (non-hydrogen) atoms. The van der Waals surface area contributed by atoms with Crippen molar-refractivity contribution in [3.05, 3.63) is 23.8 Å². The van der Waals surface area contributed by atoms with Crippen molar-refractivity contribution in [3.63, 3.8) is 0 Å². The SMILES string of the molecule is CC(C)c1cnc2n1C=C[C@H]1O[C@@H]21. The van der Waals surface area contributed by atoms with Gasteiger partial charge in [-0.05, 0) is 12.0 Å². The molecule has 2 atom stereocenters. The van der Waals surface area contributed by atoms with E-state index in [1.54, 1.807) is 0 Å². The molecule has 0 aromatic carbocycles. The minimum absolute atomic E-state index is 0.234. The number of rotatable bonds is 1. The largest absolute Gasteiger partial charge is 0.357 e. The quantitative estimate of drug-likeness (QED) is 0.612. The lowest BCUT2D eigenvalue weighted by Gasteiger charge is -2.10. The lowest BCUT2D eigenvalue weighted by Crippen LogP contribution is -2.05. The van der Waals surface area contributed by atoms with Crippen molar-refractivity contribution >= 4 is 6.20 Å². The average molecular weight is 176 g/mol. The van der Waals surface area contributed by atoms with Crippen LogP contribution >= 0.6 is 0 Å². The van der Waals surface area contributed by atoms with Gasteiger partial charge in [-0.1, -0.05) is 13.8 Å². The van der Waals surface area contributed by atoms with Gasteiger partial charge in [-0.2, -0.15) is 0 Å². The highest BCUT2D eigenvalue weighted by Crippen LogP contribution is 2.42. The molecule has 1 saturated heterocycles. The van der Waals surface area contributed by atoms with Crippen LogP contribution in [-0.2, 0) is 4.74 Å². The Labute approximate surface area is 77.0 Å². The number of aromatic nitrogens is 2. The maximum absolute atomic E-state index is 5.43. The summed E-state index contributed by atoms with van der Waals surface area (Å²) in [5, 5.41) is 0. The number of epoxide rings is 1. The second-order valence-corrected chi connectivity index (χ2v) is 3.93. The summed E-state index contributed by atoms with van der Waals surface area (Å²) >= 11 is 0. The predicted molar refractivity (Wildman–Crippen MR) is 49.3 cm³/mol. The van der Waals surface area contributed by atoms with Crippen molar-refractivity contribution in [1.82, 2.24) is 9.55 Å². The molecule has 68 valence electrons. The van der Waals surface area contributed by atoms with Crippen LogP contribution in [0.5, 0.6) is 0 Å². The second kappa shape index (κ2) is 2.23. The summed E-state index contributed by atoms with van der Waals surface area (Å²) in [4.78, 5) is 4.39. The third-order valence-corrected chi connectivity index (χ3v) is 2.65. The van der Waals surface area contributed by atoms with E-state index in [1.165, 1.54) is 5.69 Å². The van der Waals surface area contributed by atoms with Crippen molar-refractivity contribution in [2.45, 2.75) is 32.0 Å². The van der Waals surface area contributed by atoms with Crippen LogP contribution in [0.25, 0.3) is 6.20 Å². The van der Waals surface area contributed by atoms with Gasteiger partial charge < -0.3 is 9.30 Å². The molecular formula is C10H12N2O. The molecule has 2 aliphatic heterocycles. The first-order valence-corrected chi connectivity index (χ1v) is 4.68. The number of nitrogens with zero attached hydrogens (tertiary/aromatic N) is 2. The van der Waals surface area contributed by atoms with Gasteiger partial charge in [0.1, 0.15) is 18.0 Å². The summed E-state index contributed by atoms with van der Waals surface area (Å²) in [5.74, 6) is 1.58. The topological polar surface area (TPSA) is 30.4 Å². The summed E-state index contributed by atoms with van der Waals surface area (Å²) in [6.07, 6.45) is 6.67. The average Bonchev–Trinajstić information content (AvgIpc) is 2.76. The van der Waals surface area contributed by atoms with Crippen molar-refractivity contribution in [3.8, 4) is 0 Å². The van der Waals surface area contributed by atoms with E-state index in [1.807, 2.05) is 6.20 Å². The van der Waals surface area contributed by atoms with Gasteiger partial charge in [-0.15, -0.1) is 0 Å². The Bertz CT molecular complexity index is 378. The van der Waals surface area contributed by atoms with Crippen molar-refractivity contribution in [2.75, 3.05) is 0 Å². The van der Waals surface area contributed by atoms with E-state index in [0.717, 1.165) is 5.82 Å². The first-order valence-electron chi connectivity index (χ1n) is 4.68. The molecule has 0 unspecified atom stereocenters. The zero-order chi connectivity index (χ0) is 9.00. The van der Waals surface area contributed by atoms with Crippen LogP contribution in [0.15, 0.2) is 12.3 Å². The van der Waals surface area contributed by atoms with Crippen LogP contribution in [-0.4, -0.2) is 15.7 Å². The molecule has 1 aromatic heterocycles. The zero-order valence-electron chi connectivity index (χ0n) is 7.77. The molecule has 2 aliphatic rings. The summed E-state index contributed by atoms with van der Waals surface area (Å²) < 4.78 is 7.58. The standard InChI is InChI=1S/C10H12N2O/c1-6(2)7-5-11-10-9-8(13-9)3-4-12(7)10/h3-6,8-9H,1-2H3/t8-,9-/m1/s1. The van der Waals surface area contributed by atoms with E-state index < -0.39 is 0 Å². The third kappa shape index (κ3) is 0.907. The monoisotopic (exact) mass is 176 g/mol. The van der Waals surface area contributed by atoms with E-state index in [-0.39, 0.29) is 6.10 Å². The Balaban J connectivity index is 2.13. The van der Waals surface area contributed by atoms with Crippen LogP contribution in [0.3, 0.4) is 0 Å². The zero-order valence-corrected chi connectivity index (χ0v) is 7.77. The van der Waals surface area contributed by atoms with Gasteiger partial charge in [0, 0.05) is 18.1 Å². The van der Waals surface area contributed by atoms with Gasteiger partial charge >= 0.3 is 0 Å². The second-order valence-electron chi connectivity index (χ2n) is 3.93. The van der Waals surface area contributed by atoms with Crippen LogP contribution in [0.1, 0.15) is 37.4 Å². The molecule has 0 saturated carbocycles. The molecule has 0 N–H and O–H groups in total. The first kappa shape index (κ1) is 7.33. The number of hydrogen-bond acceptors (Lipinski definition) is 2. The predicted octanol–water partition coefficient (Wildman–Crippen LogP) is 1.93. The minimum Gasteiger partial charge on any atom is -0.357 e. The molecule has 3 heterocycles. The van der Waals surface area contributed by atoms with Crippen LogP contribution in [0.2, 0.25) is 0 Å². The van der Waals surface area contributed by atoms with Gasteiger partial charge in [0.05, 0.1) is 0 Å². The molecule has 0 bridgehead atoms. The van der Waals surface area contributed by atoms with E-state index in [0.29, 0.717) is 12.0 Å². The normalized spacial score (nSPS) is 28.8. The lowest BCUT2D eigenvalue weighted by atomic mass is 10.1. The fourth-order valence-electron chi connectivity index (χ4n) is 1.84. The lowest BCUT2D eigenvalue weighted by molar-refractivity contribution is 0.388. The fraction of sp³-hybridized carbons (Fsp3) is 0.500. The molecule has 0 aliphatic carbocycles. The van der Waals surface area contributed by atoms with Crippen LogP contribution in [0, 0.1) is 0 Å². The maximum atomic E-state index is 5.43. The molecule has 1 fully saturated rings. The van der Waals surface area contributed by atoms with E-state index in [9.17, 15) is 0 Å². The molecule has 0 amide bonds. The number of imidazole rings is 1. The van der Waals surface area contributed by atoms with Gasteiger partial charge in [0.15, 0.2) is 0 Å². The van der Waals surface area contributed by atoms with Gasteiger partial charge in [0.2, 0.25) is 0 Å². The van der Waals surface area contributed by atoms with E-state index in [4.69, 9.17) is 4.74 Å². The van der Waals surface area contributed by atoms with Gasteiger partial charge in [0.25, 0.3) is 0 Å². The number of hydrogen-bond donors (Lipinski definition) is 0. The van der Waals surface area contributed by atoms with E-state index >= 15 is 0 Å². The Morgan fingerprint density at radius 1 is 1.54 bits per heavy atom. The maximum Gasteiger partial charge on any atom is 0.146 e. The van der Waals surface area contributed by atoms with Crippen molar-refractivity contribution in [2.24, 2.45) is 0 Å². The number of ether oxygens (including phenoxy) is 1. The molecule has 0 radical (unpaired) electrons. The summed E-state index contributed by atoms with van der Waals surface area (Å²) in [6, 6.07) is 0.